The van der Waals surface area contributed by atoms with Crippen LogP contribution in [-0.2, 0) is 5.60 Å². The number of hydrogen-bond donors (Lipinski definition) is 4. The van der Waals surface area contributed by atoms with Crippen molar-refractivity contribution in [3.8, 4) is 28.7 Å². The molecule has 1 heterocycles. The van der Waals surface area contributed by atoms with Crippen molar-refractivity contribution in [2.75, 3.05) is 13.7 Å². The minimum Gasteiger partial charge on any atom is -0.508 e. The molecule has 7 nitrogen and oxygen atoms in total. The van der Waals surface area contributed by atoms with Crippen LogP contribution in [0, 0.1) is 0 Å². The predicted octanol–water partition coefficient (Wildman–Crippen LogP) is 1.27. The number of aromatic hydroxyl groups is 3. The molecule has 7 heteroatoms. The topological polar surface area (TPSA) is 116 Å². The standard InChI is InChI=1S/C16H14O7/c1-22-9-2-3-10(11(18)6-9)16(21)7-23-13-5-8(17)4-12(19)14(13)15(16)20/h2-6,17-19,21H,7H2,1H3/t16-/m1/s1. The van der Waals surface area contributed by atoms with Crippen molar-refractivity contribution >= 4 is 5.78 Å². The number of ether oxygens (including phenoxy) is 2. The van der Waals surface area contributed by atoms with Crippen molar-refractivity contribution in [3.63, 3.8) is 0 Å². The lowest BCUT2D eigenvalue weighted by atomic mass is 9.83. The lowest BCUT2D eigenvalue weighted by Crippen LogP contribution is -2.44. The molecule has 2 aromatic rings. The summed E-state index contributed by atoms with van der Waals surface area (Å²) in [6.45, 7) is -0.471. The number of phenolic OH excluding ortho intramolecular Hbond substituents is 3. The van der Waals surface area contributed by atoms with Gasteiger partial charge >= 0.3 is 0 Å². The summed E-state index contributed by atoms with van der Waals surface area (Å²) in [5, 5.41) is 40.1. The van der Waals surface area contributed by atoms with E-state index in [1.165, 1.54) is 31.4 Å². The number of rotatable bonds is 2. The zero-order valence-corrected chi connectivity index (χ0v) is 12.1. The molecule has 4 N–H and O–H groups in total. The van der Waals surface area contributed by atoms with Gasteiger partial charge in [0.25, 0.3) is 0 Å². The van der Waals surface area contributed by atoms with Gasteiger partial charge in [-0.15, -0.1) is 0 Å². The summed E-state index contributed by atoms with van der Waals surface area (Å²) in [6.07, 6.45) is 0. The van der Waals surface area contributed by atoms with Gasteiger partial charge in [-0.1, -0.05) is 0 Å². The van der Waals surface area contributed by atoms with E-state index < -0.39 is 23.7 Å². The molecule has 1 aliphatic heterocycles. The van der Waals surface area contributed by atoms with Crippen LogP contribution in [0.4, 0.5) is 0 Å². The molecule has 0 aromatic heterocycles. The number of aliphatic hydroxyl groups is 1. The van der Waals surface area contributed by atoms with Crippen LogP contribution in [0.3, 0.4) is 0 Å². The molecule has 0 aliphatic carbocycles. The van der Waals surface area contributed by atoms with Crippen LogP contribution in [0.2, 0.25) is 0 Å². The van der Waals surface area contributed by atoms with E-state index in [-0.39, 0.29) is 28.4 Å². The van der Waals surface area contributed by atoms with Crippen molar-refractivity contribution in [1.29, 1.82) is 0 Å². The molecule has 0 radical (unpaired) electrons. The molecule has 23 heavy (non-hydrogen) atoms. The summed E-state index contributed by atoms with van der Waals surface area (Å²) < 4.78 is 10.3. The van der Waals surface area contributed by atoms with Gasteiger partial charge in [-0.2, -0.15) is 0 Å². The third kappa shape index (κ3) is 2.22. The zero-order valence-electron chi connectivity index (χ0n) is 12.1. The zero-order chi connectivity index (χ0) is 16.8. The minimum absolute atomic E-state index is 0.0369. The van der Waals surface area contributed by atoms with Gasteiger partial charge in [-0.05, 0) is 12.1 Å². The summed E-state index contributed by atoms with van der Waals surface area (Å²) >= 11 is 0. The number of benzene rings is 2. The lowest BCUT2D eigenvalue weighted by molar-refractivity contribution is -0.00674. The van der Waals surface area contributed by atoms with Crippen molar-refractivity contribution < 1.29 is 34.7 Å². The maximum absolute atomic E-state index is 12.7. The van der Waals surface area contributed by atoms with E-state index in [0.717, 1.165) is 6.07 Å². The van der Waals surface area contributed by atoms with Gasteiger partial charge in [0.15, 0.2) is 5.60 Å². The Kier molecular flexibility index (Phi) is 3.30. The second kappa shape index (κ2) is 5.06. The van der Waals surface area contributed by atoms with E-state index in [1.807, 2.05) is 0 Å². The fraction of sp³-hybridized carbons (Fsp3) is 0.188. The number of fused-ring (bicyclic) bond motifs is 1. The first-order chi connectivity index (χ1) is 10.9. The van der Waals surface area contributed by atoms with Crippen LogP contribution < -0.4 is 9.47 Å². The largest absolute Gasteiger partial charge is 0.508 e. The highest BCUT2D eigenvalue weighted by Gasteiger charge is 2.47. The monoisotopic (exact) mass is 318 g/mol. The summed E-state index contributed by atoms with van der Waals surface area (Å²) in [7, 11) is 1.42. The third-order valence-corrected chi connectivity index (χ3v) is 3.76. The van der Waals surface area contributed by atoms with Gasteiger partial charge < -0.3 is 29.9 Å². The van der Waals surface area contributed by atoms with Crippen LogP contribution in [0.15, 0.2) is 30.3 Å². The van der Waals surface area contributed by atoms with Crippen molar-refractivity contribution in [1.82, 2.24) is 0 Å². The van der Waals surface area contributed by atoms with Crippen molar-refractivity contribution in [2.45, 2.75) is 5.60 Å². The second-order valence-corrected chi connectivity index (χ2v) is 5.20. The van der Waals surface area contributed by atoms with E-state index in [2.05, 4.69) is 0 Å². The van der Waals surface area contributed by atoms with Crippen LogP contribution >= 0.6 is 0 Å². The Balaban J connectivity index is 2.12. The summed E-state index contributed by atoms with van der Waals surface area (Å²) in [6, 6.07) is 6.22. The molecule has 0 unspecified atom stereocenters. The van der Waals surface area contributed by atoms with E-state index in [9.17, 15) is 25.2 Å². The highest BCUT2D eigenvalue weighted by atomic mass is 16.5. The fourth-order valence-corrected chi connectivity index (χ4v) is 2.57. The fourth-order valence-electron chi connectivity index (χ4n) is 2.57. The molecule has 0 spiro atoms. The highest BCUT2D eigenvalue weighted by molar-refractivity contribution is 6.08. The van der Waals surface area contributed by atoms with E-state index in [0.29, 0.717) is 5.75 Å². The Morgan fingerprint density at radius 3 is 2.52 bits per heavy atom. The van der Waals surface area contributed by atoms with Gasteiger partial charge in [-0.25, -0.2) is 0 Å². The van der Waals surface area contributed by atoms with Gasteiger partial charge in [0, 0.05) is 23.8 Å². The van der Waals surface area contributed by atoms with Crippen LogP contribution in [-0.4, -0.2) is 39.9 Å². The van der Waals surface area contributed by atoms with Crippen LogP contribution in [0.5, 0.6) is 28.7 Å². The van der Waals surface area contributed by atoms with E-state index in [4.69, 9.17) is 9.47 Å². The summed E-state index contributed by atoms with van der Waals surface area (Å²) in [4.78, 5) is 12.7. The Hall–Kier alpha value is -2.93. The number of carbonyl (C=O) groups is 1. The summed E-state index contributed by atoms with van der Waals surface area (Å²) in [5.74, 6) is -1.65. The molecule has 0 fully saturated rings. The molecule has 3 rings (SSSR count). The van der Waals surface area contributed by atoms with Crippen LogP contribution in [0.1, 0.15) is 15.9 Å². The molecular weight excluding hydrogens is 304 g/mol. The molecule has 0 bridgehead atoms. The Morgan fingerprint density at radius 1 is 1.13 bits per heavy atom. The average Bonchev–Trinajstić information content (AvgIpc) is 2.50. The maximum Gasteiger partial charge on any atom is 0.210 e. The highest BCUT2D eigenvalue weighted by Crippen LogP contribution is 2.44. The van der Waals surface area contributed by atoms with Crippen molar-refractivity contribution in [3.05, 3.63) is 41.5 Å². The predicted molar refractivity (Wildman–Crippen MR) is 78.2 cm³/mol. The number of methoxy groups -OCH3 is 1. The number of ketones is 1. The number of carbonyl (C=O) groups excluding carboxylic acids is 1. The second-order valence-electron chi connectivity index (χ2n) is 5.20. The smallest absolute Gasteiger partial charge is 0.210 e. The number of Topliss-reactive ketones (excluding diaryl/α,β-unsaturated/α-hetero) is 1. The van der Waals surface area contributed by atoms with Gasteiger partial charge in [-0.3, -0.25) is 4.79 Å². The minimum atomic E-state index is -2.17. The Morgan fingerprint density at radius 2 is 1.87 bits per heavy atom. The Labute approximate surface area is 131 Å². The van der Waals surface area contributed by atoms with E-state index in [1.54, 1.807) is 0 Å². The normalized spacial score (nSPS) is 19.8. The maximum atomic E-state index is 12.7. The van der Waals surface area contributed by atoms with Crippen molar-refractivity contribution in [2.24, 2.45) is 0 Å². The molecule has 0 saturated heterocycles. The quantitative estimate of drug-likeness (QED) is 0.659. The molecule has 2 aromatic carbocycles. The lowest BCUT2D eigenvalue weighted by Gasteiger charge is -2.33. The van der Waals surface area contributed by atoms with E-state index >= 15 is 0 Å². The van der Waals surface area contributed by atoms with Gasteiger partial charge in [0.2, 0.25) is 5.78 Å². The average molecular weight is 318 g/mol. The van der Waals surface area contributed by atoms with Crippen LogP contribution in [0.25, 0.3) is 0 Å². The van der Waals surface area contributed by atoms with Gasteiger partial charge in [0.05, 0.1) is 7.11 Å². The first-order valence-corrected chi connectivity index (χ1v) is 6.70. The van der Waals surface area contributed by atoms with Gasteiger partial charge in [0.1, 0.15) is 40.9 Å². The molecule has 1 aliphatic rings. The molecule has 0 saturated carbocycles. The third-order valence-electron chi connectivity index (χ3n) is 3.76. The molecule has 0 amide bonds. The number of phenols is 3. The molecule has 120 valence electrons. The number of hydrogen-bond acceptors (Lipinski definition) is 7. The first-order valence-electron chi connectivity index (χ1n) is 6.70. The SMILES string of the molecule is COc1ccc([C@]2(O)COc3cc(O)cc(O)c3C2=O)c(O)c1. The Bertz CT molecular complexity index is 799. The summed E-state index contributed by atoms with van der Waals surface area (Å²) in [5.41, 5.74) is -2.49. The molecule has 1 atom stereocenters. The first kappa shape index (κ1) is 15.0. The molecular formula is C16H14O7.